The predicted octanol–water partition coefficient (Wildman–Crippen LogP) is 1.84. The zero-order valence-electron chi connectivity index (χ0n) is 8.18. The zero-order chi connectivity index (χ0) is 10.3. The van der Waals surface area contributed by atoms with E-state index in [1.165, 1.54) is 0 Å². The van der Waals surface area contributed by atoms with Crippen molar-refractivity contribution in [1.82, 2.24) is 0 Å². The number of hydrogen-bond acceptors (Lipinski definition) is 3. The topological polar surface area (TPSA) is 27.7 Å². The summed E-state index contributed by atoms with van der Waals surface area (Å²) in [4.78, 5) is 0. The Morgan fingerprint density at radius 1 is 0.923 bits per heavy atom. The van der Waals surface area contributed by atoms with Crippen LogP contribution in [-0.2, 0) is 13.3 Å². The molecule has 0 radical (unpaired) electrons. The molecule has 0 aromatic heterocycles. The Kier molecular flexibility index (Phi) is 6.40. The Hall–Kier alpha value is -0.0431. The van der Waals surface area contributed by atoms with Crippen LogP contribution in [0.1, 0.15) is 20.8 Å². The van der Waals surface area contributed by atoms with Gasteiger partial charge in [0.25, 0.3) is 0 Å². The molecule has 0 heterocycles. The van der Waals surface area contributed by atoms with E-state index in [0.29, 0.717) is 0 Å². The molecule has 0 aromatic rings. The van der Waals surface area contributed by atoms with Gasteiger partial charge in [-0.2, -0.15) is 0 Å². The first-order chi connectivity index (χ1) is 6.13. The van der Waals surface area contributed by atoms with Gasteiger partial charge >= 0.3 is 14.9 Å². The van der Waals surface area contributed by atoms with Crippen LogP contribution >= 0.6 is 0 Å². The first-order valence-electron chi connectivity index (χ1n) is 4.32. The highest BCUT2D eigenvalue weighted by Gasteiger charge is 2.51. The van der Waals surface area contributed by atoms with E-state index in [-0.39, 0.29) is 19.8 Å². The van der Waals surface area contributed by atoms with Gasteiger partial charge in [0.05, 0.1) is 0 Å². The summed E-state index contributed by atoms with van der Waals surface area (Å²) in [6.45, 7) is 5.45. The molecule has 0 N–H and O–H groups in total. The summed E-state index contributed by atoms with van der Waals surface area (Å²) < 4.78 is 40.0. The molecule has 0 spiro atoms. The normalized spacial score (nSPS) is 12.5. The van der Waals surface area contributed by atoms with Crippen molar-refractivity contribution in [3.63, 3.8) is 0 Å². The van der Waals surface area contributed by atoms with Crippen molar-refractivity contribution < 1.29 is 22.1 Å². The first kappa shape index (κ1) is 13.0. The minimum absolute atomic E-state index is 0.177. The highest BCUT2D eigenvalue weighted by atomic mass is 28.4. The van der Waals surface area contributed by atoms with Gasteiger partial charge in [0.2, 0.25) is 0 Å². The van der Waals surface area contributed by atoms with Gasteiger partial charge in [-0.25, -0.2) is 8.78 Å². The molecule has 0 aliphatic rings. The Balaban J connectivity index is 4.38. The van der Waals surface area contributed by atoms with Crippen LogP contribution in [0.2, 0.25) is 0 Å². The van der Waals surface area contributed by atoms with Crippen molar-refractivity contribution >= 4 is 8.80 Å². The van der Waals surface area contributed by atoms with E-state index >= 15 is 0 Å². The molecule has 0 saturated heterocycles. The lowest BCUT2D eigenvalue weighted by molar-refractivity contribution is 0.0112. The fraction of sp³-hybridized carbons (Fsp3) is 1.00. The van der Waals surface area contributed by atoms with E-state index in [0.717, 1.165) is 0 Å². The molecule has 0 aliphatic carbocycles. The molecule has 0 rings (SSSR count). The van der Waals surface area contributed by atoms with Crippen molar-refractivity contribution in [3.8, 4) is 0 Å². The van der Waals surface area contributed by atoms with Crippen LogP contribution in [-0.4, -0.2) is 34.7 Å². The van der Waals surface area contributed by atoms with E-state index in [9.17, 15) is 8.78 Å². The SMILES string of the molecule is CCO[Si](OCC)(OCC)C(F)F. The van der Waals surface area contributed by atoms with Crippen LogP contribution in [0.4, 0.5) is 8.78 Å². The predicted molar refractivity (Wildman–Crippen MR) is 46.6 cm³/mol. The van der Waals surface area contributed by atoms with Gasteiger partial charge in [-0.15, -0.1) is 0 Å². The van der Waals surface area contributed by atoms with E-state index in [2.05, 4.69) is 0 Å². The van der Waals surface area contributed by atoms with Crippen LogP contribution in [0.5, 0.6) is 0 Å². The monoisotopic (exact) mass is 214 g/mol. The fourth-order valence-electron chi connectivity index (χ4n) is 0.918. The molecule has 3 nitrogen and oxygen atoms in total. The van der Waals surface area contributed by atoms with Crippen LogP contribution < -0.4 is 0 Å². The molecular weight excluding hydrogens is 198 g/mol. The number of alkyl halides is 2. The zero-order valence-corrected chi connectivity index (χ0v) is 9.18. The van der Waals surface area contributed by atoms with E-state index in [1.54, 1.807) is 20.8 Å². The van der Waals surface area contributed by atoms with Gasteiger partial charge in [0.15, 0.2) is 0 Å². The van der Waals surface area contributed by atoms with Gasteiger partial charge in [-0.3, -0.25) is 0 Å². The molecule has 0 unspecified atom stereocenters. The summed E-state index contributed by atoms with van der Waals surface area (Å²) in [7, 11) is -3.71. The second-order valence-electron chi connectivity index (χ2n) is 2.20. The van der Waals surface area contributed by atoms with Crippen LogP contribution in [0.3, 0.4) is 0 Å². The van der Waals surface area contributed by atoms with Gasteiger partial charge in [0, 0.05) is 19.8 Å². The molecule has 13 heavy (non-hydrogen) atoms. The van der Waals surface area contributed by atoms with Gasteiger partial charge in [-0.1, -0.05) is 0 Å². The van der Waals surface area contributed by atoms with Gasteiger partial charge < -0.3 is 13.3 Å². The molecule has 0 aliphatic heterocycles. The molecular formula is C7H16F2O3Si. The molecule has 0 fully saturated rings. The maximum Gasteiger partial charge on any atom is 0.571 e. The summed E-state index contributed by atoms with van der Waals surface area (Å²) >= 11 is 0. The molecule has 0 atom stereocenters. The standard InChI is InChI=1S/C7H16F2O3Si/c1-4-10-13(7(8)9,11-5-2)12-6-3/h7H,4-6H2,1-3H3. The second kappa shape index (κ2) is 6.42. The maximum atomic E-state index is 12.6. The Morgan fingerprint density at radius 3 is 1.38 bits per heavy atom. The fourth-order valence-corrected chi connectivity index (χ4v) is 2.75. The average molecular weight is 214 g/mol. The van der Waals surface area contributed by atoms with E-state index < -0.39 is 14.9 Å². The molecule has 0 amide bonds. The maximum absolute atomic E-state index is 12.6. The number of hydrogen-bond donors (Lipinski definition) is 0. The molecule has 6 heteroatoms. The number of halogens is 2. The van der Waals surface area contributed by atoms with Crippen LogP contribution in [0, 0.1) is 0 Å². The quantitative estimate of drug-likeness (QED) is 0.605. The summed E-state index contributed by atoms with van der Waals surface area (Å²) in [5, 5.41) is 0. The lowest BCUT2D eigenvalue weighted by Gasteiger charge is -2.26. The van der Waals surface area contributed by atoms with E-state index in [1.807, 2.05) is 0 Å². The van der Waals surface area contributed by atoms with Crippen molar-refractivity contribution in [3.05, 3.63) is 0 Å². The summed E-state index contributed by atoms with van der Waals surface area (Å²) in [6, 6.07) is -2.67. The lowest BCUT2D eigenvalue weighted by Crippen LogP contribution is -2.53. The molecule has 0 bridgehead atoms. The van der Waals surface area contributed by atoms with Gasteiger partial charge in [0.1, 0.15) is 0 Å². The highest BCUT2D eigenvalue weighted by Crippen LogP contribution is 2.18. The lowest BCUT2D eigenvalue weighted by atomic mass is 10.9. The third-order valence-electron chi connectivity index (χ3n) is 1.30. The Bertz CT molecular complexity index is 118. The average Bonchev–Trinajstić information content (AvgIpc) is 2.05. The van der Waals surface area contributed by atoms with Crippen molar-refractivity contribution in [2.45, 2.75) is 26.8 Å². The second-order valence-corrected chi connectivity index (χ2v) is 4.71. The largest absolute Gasteiger partial charge is 0.571 e. The summed E-state index contributed by atoms with van der Waals surface area (Å²) in [5.41, 5.74) is 0. The highest BCUT2D eigenvalue weighted by molar-refractivity contribution is 6.61. The Labute approximate surface area is 78.4 Å². The van der Waals surface area contributed by atoms with Crippen LogP contribution in [0.25, 0.3) is 0 Å². The molecule has 0 aromatic carbocycles. The van der Waals surface area contributed by atoms with Crippen molar-refractivity contribution in [2.75, 3.05) is 19.8 Å². The van der Waals surface area contributed by atoms with Crippen molar-refractivity contribution in [1.29, 1.82) is 0 Å². The van der Waals surface area contributed by atoms with Gasteiger partial charge in [-0.05, 0) is 20.8 Å². The molecule has 0 saturated carbocycles. The third-order valence-corrected chi connectivity index (χ3v) is 3.91. The van der Waals surface area contributed by atoms with Crippen LogP contribution in [0.15, 0.2) is 0 Å². The first-order valence-corrected chi connectivity index (χ1v) is 6.13. The Morgan fingerprint density at radius 2 is 1.23 bits per heavy atom. The molecule has 80 valence electrons. The third kappa shape index (κ3) is 3.68. The minimum atomic E-state index is -3.71. The summed E-state index contributed by atoms with van der Waals surface area (Å²) in [5.74, 6) is 0. The van der Waals surface area contributed by atoms with Crippen molar-refractivity contribution in [2.24, 2.45) is 0 Å². The van der Waals surface area contributed by atoms with E-state index in [4.69, 9.17) is 13.3 Å². The minimum Gasteiger partial charge on any atom is -0.370 e. The smallest absolute Gasteiger partial charge is 0.370 e. The number of rotatable bonds is 7. The summed E-state index contributed by atoms with van der Waals surface area (Å²) in [6.07, 6.45) is 0.